The molecule has 3 heterocycles. The molecule has 1 aliphatic carbocycles. The molecule has 6 heteroatoms. The van der Waals surface area contributed by atoms with E-state index in [0.29, 0.717) is 36.6 Å². The molecule has 1 atom stereocenters. The van der Waals surface area contributed by atoms with Crippen LogP contribution in [-0.4, -0.2) is 32.3 Å². The van der Waals surface area contributed by atoms with Crippen LogP contribution in [0.5, 0.6) is 0 Å². The Morgan fingerprint density at radius 1 is 1.26 bits per heavy atom. The van der Waals surface area contributed by atoms with Crippen LogP contribution >= 0.6 is 0 Å². The summed E-state index contributed by atoms with van der Waals surface area (Å²) >= 11 is 0. The third-order valence-corrected chi connectivity index (χ3v) is 5.97. The molecule has 1 aromatic carbocycles. The van der Waals surface area contributed by atoms with Gasteiger partial charge in [-0.2, -0.15) is 0 Å². The Hall–Kier alpha value is -2.89. The number of hydrogen-bond acceptors (Lipinski definition) is 3. The Balaban J connectivity index is 1.49. The lowest BCUT2D eigenvalue weighted by atomic mass is 9.87. The summed E-state index contributed by atoms with van der Waals surface area (Å²) in [6.45, 7) is 3.19. The molecular weight excluding hydrogens is 340 g/mol. The van der Waals surface area contributed by atoms with Crippen LogP contribution in [0.25, 0.3) is 10.9 Å². The van der Waals surface area contributed by atoms with E-state index in [1.54, 1.807) is 4.90 Å². The second-order valence-corrected chi connectivity index (χ2v) is 7.82. The fourth-order valence-corrected chi connectivity index (χ4v) is 4.43. The predicted molar refractivity (Wildman–Crippen MR) is 103 cm³/mol. The Bertz CT molecular complexity index is 1110. The zero-order valence-corrected chi connectivity index (χ0v) is 15.3. The van der Waals surface area contributed by atoms with Crippen molar-refractivity contribution in [3.8, 4) is 0 Å². The van der Waals surface area contributed by atoms with Crippen molar-refractivity contribution in [3.05, 3.63) is 63.0 Å². The third-order valence-electron chi connectivity index (χ3n) is 5.97. The predicted octanol–water partition coefficient (Wildman–Crippen LogP) is 2.57. The number of benzene rings is 1. The monoisotopic (exact) mass is 362 g/mol. The molecule has 0 fully saturated rings. The fourth-order valence-electron chi connectivity index (χ4n) is 4.43. The second kappa shape index (κ2) is 6.08. The number of nitrogens with zero attached hydrogens (tertiary/aromatic N) is 2. The van der Waals surface area contributed by atoms with Gasteiger partial charge in [-0.25, -0.2) is 4.98 Å². The molecule has 0 radical (unpaired) electrons. The standard InChI is InChI=1S/C21H22N4O2/c1-12-2-4-18-14(8-12)15-9-13(3-5-19(15)24-18)21(27)25-7-6-17-16(10-25)20(26)23-11-22-17/h3,5,9,11-12,24H,2,4,6-8,10H2,1H3,(H,22,23,26). The van der Waals surface area contributed by atoms with Gasteiger partial charge in [-0.05, 0) is 48.9 Å². The molecule has 0 saturated heterocycles. The van der Waals surface area contributed by atoms with E-state index in [9.17, 15) is 9.59 Å². The lowest BCUT2D eigenvalue weighted by molar-refractivity contribution is 0.0732. The molecule has 2 aromatic heterocycles. The molecule has 1 unspecified atom stereocenters. The minimum absolute atomic E-state index is 0.0235. The van der Waals surface area contributed by atoms with Gasteiger partial charge in [-0.3, -0.25) is 9.59 Å². The van der Waals surface area contributed by atoms with Gasteiger partial charge in [0.15, 0.2) is 0 Å². The number of aryl methyl sites for hydroxylation is 1. The van der Waals surface area contributed by atoms with Crippen molar-refractivity contribution in [2.24, 2.45) is 5.92 Å². The number of aromatic amines is 2. The summed E-state index contributed by atoms with van der Waals surface area (Å²) in [7, 11) is 0. The first-order valence-electron chi connectivity index (χ1n) is 9.58. The quantitative estimate of drug-likeness (QED) is 0.698. The number of H-pyrrole nitrogens is 2. The fraction of sp³-hybridized carbons (Fsp3) is 0.381. The van der Waals surface area contributed by atoms with Crippen molar-refractivity contribution in [1.29, 1.82) is 0 Å². The van der Waals surface area contributed by atoms with E-state index >= 15 is 0 Å². The Morgan fingerprint density at radius 3 is 3.04 bits per heavy atom. The van der Waals surface area contributed by atoms with Gasteiger partial charge in [0.1, 0.15) is 0 Å². The van der Waals surface area contributed by atoms with Gasteiger partial charge in [-0.15, -0.1) is 0 Å². The average molecular weight is 362 g/mol. The number of aromatic nitrogens is 3. The number of fused-ring (bicyclic) bond motifs is 4. The lowest BCUT2D eigenvalue weighted by Crippen LogP contribution is -2.39. The summed E-state index contributed by atoms with van der Waals surface area (Å²) in [5.41, 5.74) is 5.72. The van der Waals surface area contributed by atoms with Crippen molar-refractivity contribution in [3.63, 3.8) is 0 Å². The van der Waals surface area contributed by atoms with Crippen LogP contribution in [0, 0.1) is 5.92 Å². The maximum Gasteiger partial charge on any atom is 0.255 e. The summed E-state index contributed by atoms with van der Waals surface area (Å²) in [5, 5.41) is 1.17. The maximum absolute atomic E-state index is 13.1. The summed E-state index contributed by atoms with van der Waals surface area (Å²) < 4.78 is 0. The normalized spacial score (nSPS) is 19.0. The van der Waals surface area contributed by atoms with Crippen molar-refractivity contribution in [1.82, 2.24) is 19.9 Å². The minimum Gasteiger partial charge on any atom is -0.358 e. The topological polar surface area (TPSA) is 81.8 Å². The van der Waals surface area contributed by atoms with Crippen LogP contribution in [0.1, 0.15) is 46.2 Å². The van der Waals surface area contributed by atoms with Crippen LogP contribution in [0.2, 0.25) is 0 Å². The molecular formula is C21H22N4O2. The number of carbonyl (C=O) groups is 1. The number of nitrogens with one attached hydrogen (secondary N) is 2. The highest BCUT2D eigenvalue weighted by molar-refractivity contribution is 5.99. The van der Waals surface area contributed by atoms with Gasteiger partial charge in [0.25, 0.3) is 11.5 Å². The van der Waals surface area contributed by atoms with Gasteiger partial charge in [0.05, 0.1) is 24.1 Å². The molecule has 27 heavy (non-hydrogen) atoms. The van der Waals surface area contributed by atoms with E-state index in [0.717, 1.165) is 24.1 Å². The van der Waals surface area contributed by atoms with Crippen LogP contribution in [-0.2, 0) is 25.8 Å². The molecule has 0 saturated carbocycles. The van der Waals surface area contributed by atoms with Crippen molar-refractivity contribution < 1.29 is 4.79 Å². The van der Waals surface area contributed by atoms with Crippen molar-refractivity contribution in [2.45, 2.75) is 39.2 Å². The average Bonchev–Trinajstić information content (AvgIpc) is 3.04. The zero-order valence-electron chi connectivity index (χ0n) is 15.3. The Morgan fingerprint density at radius 2 is 2.15 bits per heavy atom. The zero-order chi connectivity index (χ0) is 18.5. The SMILES string of the molecule is CC1CCc2[nH]c3ccc(C(=O)N4CCc5nc[nH]c(=O)c5C4)cc3c2C1. The van der Waals surface area contributed by atoms with E-state index in [4.69, 9.17) is 0 Å². The van der Waals surface area contributed by atoms with E-state index < -0.39 is 0 Å². The smallest absolute Gasteiger partial charge is 0.255 e. The number of amides is 1. The molecule has 0 bridgehead atoms. The highest BCUT2D eigenvalue weighted by Crippen LogP contribution is 2.32. The van der Waals surface area contributed by atoms with Crippen molar-refractivity contribution in [2.75, 3.05) is 6.54 Å². The summed E-state index contributed by atoms with van der Waals surface area (Å²) in [5.74, 6) is 0.651. The molecule has 1 aliphatic heterocycles. The van der Waals surface area contributed by atoms with Crippen molar-refractivity contribution >= 4 is 16.8 Å². The third kappa shape index (κ3) is 2.67. The van der Waals surface area contributed by atoms with Crippen LogP contribution in [0.4, 0.5) is 0 Å². The number of rotatable bonds is 1. The van der Waals surface area contributed by atoms with Crippen LogP contribution in [0.3, 0.4) is 0 Å². The van der Waals surface area contributed by atoms with Gasteiger partial charge in [0.2, 0.25) is 0 Å². The van der Waals surface area contributed by atoms with E-state index in [2.05, 4.69) is 21.9 Å². The molecule has 2 N–H and O–H groups in total. The number of hydrogen-bond donors (Lipinski definition) is 2. The van der Waals surface area contributed by atoms with E-state index in [1.165, 1.54) is 29.4 Å². The Labute approximate surface area is 156 Å². The molecule has 1 amide bonds. The molecule has 5 rings (SSSR count). The maximum atomic E-state index is 13.1. The van der Waals surface area contributed by atoms with E-state index in [-0.39, 0.29) is 11.5 Å². The van der Waals surface area contributed by atoms with E-state index in [1.807, 2.05) is 18.2 Å². The molecule has 0 spiro atoms. The molecule has 138 valence electrons. The van der Waals surface area contributed by atoms with Gasteiger partial charge >= 0.3 is 0 Å². The molecule has 2 aliphatic rings. The Kier molecular flexibility index (Phi) is 3.67. The first kappa shape index (κ1) is 16.3. The highest BCUT2D eigenvalue weighted by atomic mass is 16.2. The molecule has 3 aromatic rings. The lowest BCUT2D eigenvalue weighted by Gasteiger charge is -2.27. The summed E-state index contributed by atoms with van der Waals surface area (Å²) in [4.78, 5) is 37.3. The van der Waals surface area contributed by atoms with Gasteiger partial charge < -0.3 is 14.9 Å². The van der Waals surface area contributed by atoms with Crippen LogP contribution in [0.15, 0.2) is 29.3 Å². The summed E-state index contributed by atoms with van der Waals surface area (Å²) in [6.07, 6.45) is 5.40. The largest absolute Gasteiger partial charge is 0.358 e. The number of carbonyl (C=O) groups excluding carboxylic acids is 1. The first-order valence-corrected chi connectivity index (χ1v) is 9.58. The van der Waals surface area contributed by atoms with Gasteiger partial charge in [-0.1, -0.05) is 6.92 Å². The minimum atomic E-state index is -0.151. The second-order valence-electron chi connectivity index (χ2n) is 7.82. The highest BCUT2D eigenvalue weighted by Gasteiger charge is 2.26. The first-order chi connectivity index (χ1) is 13.1. The summed E-state index contributed by atoms with van der Waals surface area (Å²) in [6, 6.07) is 5.92. The molecule has 6 nitrogen and oxygen atoms in total. The van der Waals surface area contributed by atoms with Crippen LogP contribution < -0.4 is 5.56 Å². The van der Waals surface area contributed by atoms with Gasteiger partial charge in [0, 0.05) is 35.1 Å².